The van der Waals surface area contributed by atoms with Gasteiger partial charge in [-0.3, -0.25) is 0 Å². The van der Waals surface area contributed by atoms with Crippen LogP contribution < -0.4 is 5.32 Å². The molecule has 1 N–H and O–H groups in total. The molecule has 0 aromatic carbocycles. The molecule has 0 bridgehead atoms. The molecule has 1 rings (SSSR count). The highest BCUT2D eigenvalue weighted by Gasteiger charge is 2.08. The van der Waals surface area contributed by atoms with Crippen molar-refractivity contribution < 1.29 is 0 Å². The van der Waals surface area contributed by atoms with Gasteiger partial charge in [-0.25, -0.2) is 0 Å². The standard InChI is InChI=1S/C7H14N2/c1-8-5-7-3-2-4-9-6-7/h5,7,9H,2-4,6H2,1H3. The van der Waals surface area contributed by atoms with Crippen LogP contribution >= 0.6 is 0 Å². The van der Waals surface area contributed by atoms with Crippen LogP contribution in [0.25, 0.3) is 0 Å². The maximum absolute atomic E-state index is 3.99. The average molecular weight is 126 g/mol. The highest BCUT2D eigenvalue weighted by molar-refractivity contribution is 5.60. The van der Waals surface area contributed by atoms with E-state index in [2.05, 4.69) is 10.3 Å². The number of aliphatic imine (C=N–C) groups is 1. The van der Waals surface area contributed by atoms with Gasteiger partial charge in [-0.2, -0.15) is 0 Å². The van der Waals surface area contributed by atoms with Gasteiger partial charge in [0.25, 0.3) is 0 Å². The smallest absolute Gasteiger partial charge is 0.0273 e. The average Bonchev–Trinajstić information content (AvgIpc) is 1.91. The van der Waals surface area contributed by atoms with E-state index < -0.39 is 0 Å². The van der Waals surface area contributed by atoms with Crippen LogP contribution in [0, 0.1) is 5.92 Å². The van der Waals surface area contributed by atoms with E-state index >= 15 is 0 Å². The first-order chi connectivity index (χ1) is 4.43. The van der Waals surface area contributed by atoms with E-state index in [4.69, 9.17) is 0 Å². The van der Waals surface area contributed by atoms with Crippen molar-refractivity contribution >= 4 is 6.21 Å². The summed E-state index contributed by atoms with van der Waals surface area (Å²) in [5.74, 6) is 0.698. The topological polar surface area (TPSA) is 24.4 Å². The quantitative estimate of drug-likeness (QED) is 0.513. The number of nitrogens with zero attached hydrogens (tertiary/aromatic N) is 1. The van der Waals surface area contributed by atoms with Crippen molar-refractivity contribution in [2.75, 3.05) is 20.1 Å². The number of nitrogens with one attached hydrogen (secondary N) is 1. The summed E-state index contributed by atoms with van der Waals surface area (Å²) >= 11 is 0. The maximum atomic E-state index is 3.99. The monoisotopic (exact) mass is 126 g/mol. The molecule has 2 nitrogen and oxygen atoms in total. The summed E-state index contributed by atoms with van der Waals surface area (Å²) in [6, 6.07) is 0. The Kier molecular flexibility index (Phi) is 2.71. The second kappa shape index (κ2) is 3.62. The Morgan fingerprint density at radius 2 is 2.56 bits per heavy atom. The fourth-order valence-corrected chi connectivity index (χ4v) is 1.22. The van der Waals surface area contributed by atoms with E-state index in [1.807, 2.05) is 13.3 Å². The Morgan fingerprint density at radius 3 is 3.11 bits per heavy atom. The Labute approximate surface area is 56.4 Å². The van der Waals surface area contributed by atoms with Gasteiger partial charge < -0.3 is 10.3 Å². The molecule has 0 aromatic heterocycles. The van der Waals surface area contributed by atoms with Gasteiger partial charge in [-0.1, -0.05) is 0 Å². The lowest BCUT2D eigenvalue weighted by Crippen LogP contribution is -2.30. The van der Waals surface area contributed by atoms with Crippen LogP contribution in [0.3, 0.4) is 0 Å². The Bertz CT molecular complexity index is 93.1. The van der Waals surface area contributed by atoms with E-state index in [-0.39, 0.29) is 0 Å². The molecule has 9 heavy (non-hydrogen) atoms. The number of piperidine rings is 1. The van der Waals surface area contributed by atoms with Crippen molar-refractivity contribution in [3.05, 3.63) is 0 Å². The van der Waals surface area contributed by atoms with Crippen molar-refractivity contribution in [1.82, 2.24) is 5.32 Å². The van der Waals surface area contributed by atoms with Crippen LogP contribution in [0.15, 0.2) is 4.99 Å². The molecular weight excluding hydrogens is 112 g/mol. The molecule has 0 spiro atoms. The Morgan fingerprint density at radius 1 is 1.67 bits per heavy atom. The first-order valence-corrected chi connectivity index (χ1v) is 3.56. The number of rotatable bonds is 1. The first-order valence-electron chi connectivity index (χ1n) is 3.56. The van der Waals surface area contributed by atoms with Crippen molar-refractivity contribution in [3.8, 4) is 0 Å². The second-order valence-electron chi connectivity index (χ2n) is 2.51. The molecule has 0 aliphatic carbocycles. The zero-order valence-corrected chi connectivity index (χ0v) is 5.93. The normalized spacial score (nSPS) is 29.2. The summed E-state index contributed by atoms with van der Waals surface area (Å²) in [6.45, 7) is 2.31. The van der Waals surface area contributed by atoms with E-state index in [1.165, 1.54) is 19.4 Å². The molecular formula is C7H14N2. The van der Waals surface area contributed by atoms with Gasteiger partial charge in [0.05, 0.1) is 0 Å². The summed E-state index contributed by atoms with van der Waals surface area (Å²) < 4.78 is 0. The first kappa shape index (κ1) is 6.75. The molecule has 1 aliphatic heterocycles. The van der Waals surface area contributed by atoms with Crippen LogP contribution in [0.4, 0.5) is 0 Å². The van der Waals surface area contributed by atoms with E-state index in [0.717, 1.165) is 6.54 Å². The molecule has 52 valence electrons. The lowest BCUT2D eigenvalue weighted by atomic mass is 10.0. The molecule has 0 saturated carbocycles. The molecule has 1 heterocycles. The summed E-state index contributed by atoms with van der Waals surface area (Å²) in [7, 11) is 1.84. The zero-order valence-electron chi connectivity index (χ0n) is 5.93. The third-order valence-electron chi connectivity index (χ3n) is 1.69. The molecule has 1 saturated heterocycles. The van der Waals surface area contributed by atoms with Crippen molar-refractivity contribution in [2.45, 2.75) is 12.8 Å². The van der Waals surface area contributed by atoms with Gasteiger partial charge in [-0.05, 0) is 19.4 Å². The fourth-order valence-electron chi connectivity index (χ4n) is 1.22. The highest BCUT2D eigenvalue weighted by atomic mass is 14.9. The van der Waals surface area contributed by atoms with E-state index in [1.54, 1.807) is 0 Å². The lowest BCUT2D eigenvalue weighted by molar-refractivity contribution is 0.463. The maximum Gasteiger partial charge on any atom is 0.0273 e. The Hall–Kier alpha value is -0.370. The van der Waals surface area contributed by atoms with Crippen LogP contribution in [0.2, 0.25) is 0 Å². The molecule has 1 fully saturated rings. The van der Waals surface area contributed by atoms with Gasteiger partial charge in [0, 0.05) is 25.7 Å². The van der Waals surface area contributed by atoms with Crippen LogP contribution in [-0.4, -0.2) is 26.4 Å². The second-order valence-corrected chi connectivity index (χ2v) is 2.51. The molecule has 0 radical (unpaired) electrons. The molecule has 2 heteroatoms. The summed E-state index contributed by atoms with van der Waals surface area (Å²) in [4.78, 5) is 3.99. The molecule has 1 atom stereocenters. The summed E-state index contributed by atoms with van der Waals surface area (Å²) in [6.07, 6.45) is 4.66. The van der Waals surface area contributed by atoms with Gasteiger partial charge in [-0.15, -0.1) is 0 Å². The molecule has 0 amide bonds. The van der Waals surface area contributed by atoms with Gasteiger partial charge in [0.15, 0.2) is 0 Å². The minimum absolute atomic E-state index is 0.698. The highest BCUT2D eigenvalue weighted by Crippen LogP contribution is 2.06. The predicted molar refractivity (Wildman–Crippen MR) is 40.0 cm³/mol. The summed E-state index contributed by atoms with van der Waals surface area (Å²) in [5, 5.41) is 3.33. The number of hydrogen-bond acceptors (Lipinski definition) is 2. The van der Waals surface area contributed by atoms with Crippen molar-refractivity contribution in [1.29, 1.82) is 0 Å². The largest absolute Gasteiger partial charge is 0.316 e. The molecule has 0 aromatic rings. The minimum Gasteiger partial charge on any atom is -0.316 e. The van der Waals surface area contributed by atoms with Crippen LogP contribution in [0.5, 0.6) is 0 Å². The van der Waals surface area contributed by atoms with Crippen molar-refractivity contribution in [2.24, 2.45) is 10.9 Å². The number of hydrogen-bond donors (Lipinski definition) is 1. The van der Waals surface area contributed by atoms with E-state index in [0.29, 0.717) is 5.92 Å². The fraction of sp³-hybridized carbons (Fsp3) is 0.857. The minimum atomic E-state index is 0.698. The van der Waals surface area contributed by atoms with Crippen molar-refractivity contribution in [3.63, 3.8) is 0 Å². The zero-order chi connectivity index (χ0) is 6.53. The van der Waals surface area contributed by atoms with Gasteiger partial charge >= 0.3 is 0 Å². The lowest BCUT2D eigenvalue weighted by Gasteiger charge is -2.18. The predicted octanol–water partition coefficient (Wildman–Crippen LogP) is 0.687. The Balaban J connectivity index is 2.23. The van der Waals surface area contributed by atoms with Gasteiger partial charge in [0.1, 0.15) is 0 Å². The molecule has 1 unspecified atom stereocenters. The van der Waals surface area contributed by atoms with Crippen LogP contribution in [-0.2, 0) is 0 Å². The third kappa shape index (κ3) is 2.14. The molecule has 1 aliphatic rings. The third-order valence-corrected chi connectivity index (χ3v) is 1.69. The summed E-state index contributed by atoms with van der Waals surface area (Å²) in [5.41, 5.74) is 0. The van der Waals surface area contributed by atoms with E-state index in [9.17, 15) is 0 Å². The van der Waals surface area contributed by atoms with Gasteiger partial charge in [0.2, 0.25) is 0 Å². The van der Waals surface area contributed by atoms with Crippen LogP contribution in [0.1, 0.15) is 12.8 Å². The SMILES string of the molecule is CN=CC1CCCNC1.